The zero-order valence-corrected chi connectivity index (χ0v) is 18.1. The molecule has 1 heterocycles. The van der Waals surface area contributed by atoms with Gasteiger partial charge in [-0.1, -0.05) is 22.8 Å². The summed E-state index contributed by atoms with van der Waals surface area (Å²) in [7, 11) is 0.931. The van der Waals surface area contributed by atoms with Crippen molar-refractivity contribution in [3.05, 3.63) is 69.2 Å². The summed E-state index contributed by atoms with van der Waals surface area (Å²) in [5, 5.41) is 2.68. The van der Waals surface area contributed by atoms with Crippen LogP contribution < -0.4 is 0 Å². The fourth-order valence-corrected chi connectivity index (χ4v) is 3.72. The highest BCUT2D eigenvalue weighted by atomic mass is 35.5. The average Bonchev–Trinajstić information content (AvgIpc) is 3.18. The second kappa shape index (κ2) is 8.92. The molecule has 35 heavy (non-hydrogen) atoms. The lowest BCUT2D eigenvalue weighted by molar-refractivity contribution is -0.276. The molecule has 4 nitrogen and oxygen atoms in total. The van der Waals surface area contributed by atoms with Gasteiger partial charge in [0.05, 0.1) is 30.4 Å². The number of carbonyl (C=O) groups is 1. The number of halogens is 10. The van der Waals surface area contributed by atoms with Gasteiger partial charge in [-0.05, 0) is 41.5 Å². The van der Waals surface area contributed by atoms with Crippen molar-refractivity contribution >= 4 is 23.3 Å². The molecule has 0 bridgehead atoms. The van der Waals surface area contributed by atoms with Gasteiger partial charge in [-0.15, -0.1) is 0 Å². The minimum atomic E-state index is -5.30. The van der Waals surface area contributed by atoms with E-state index in [1.807, 2.05) is 0 Å². The number of hydrogen-bond acceptors (Lipinski definition) is 4. The molecule has 1 unspecified atom stereocenters. The molecule has 0 aliphatic carbocycles. The molecule has 0 saturated heterocycles. The lowest BCUT2D eigenvalue weighted by Crippen LogP contribution is -2.43. The molecule has 1 atom stereocenters. The van der Waals surface area contributed by atoms with E-state index in [9.17, 15) is 44.3 Å². The van der Waals surface area contributed by atoms with Crippen LogP contribution >= 0.6 is 11.6 Å². The van der Waals surface area contributed by atoms with Gasteiger partial charge < -0.3 is 9.57 Å². The minimum Gasteiger partial charge on any atom is -0.465 e. The fourth-order valence-electron chi connectivity index (χ4n) is 3.49. The molecule has 0 saturated carbocycles. The van der Waals surface area contributed by atoms with Gasteiger partial charge in [-0.25, -0.2) is 4.79 Å². The van der Waals surface area contributed by atoms with E-state index in [0.29, 0.717) is 12.1 Å². The summed E-state index contributed by atoms with van der Waals surface area (Å²) in [4.78, 5) is 16.5. The molecule has 0 radical (unpaired) electrons. The highest BCUT2D eigenvalue weighted by Gasteiger charge is 2.62. The first kappa shape index (κ1) is 26.6. The van der Waals surface area contributed by atoms with Gasteiger partial charge in [-0.3, -0.25) is 0 Å². The number of ether oxygens (including phenoxy) is 1. The SMILES string of the molecule is COC(=O)c1ccc(C2=NOC(c3cc(Cl)cc(C(F)(F)F)c3)(C(F)(F)F)C2)cc1CC(F)(F)F. The van der Waals surface area contributed by atoms with Crippen LogP contribution in [0.15, 0.2) is 41.6 Å². The van der Waals surface area contributed by atoms with Crippen molar-refractivity contribution in [2.45, 2.75) is 37.0 Å². The molecule has 0 amide bonds. The van der Waals surface area contributed by atoms with Gasteiger partial charge in [-0.2, -0.15) is 39.5 Å². The smallest absolute Gasteiger partial charge is 0.435 e. The first-order valence-corrected chi connectivity index (χ1v) is 9.83. The standard InChI is InChI=1S/C21H13ClF9NO3/c1-34-17(33)15-3-2-10(4-11(15)8-19(23,24)25)16-9-18(35-32-16,21(29,30)31)12-5-13(20(26,27)28)7-14(22)6-12/h2-7H,8-9H2,1H3. The summed E-state index contributed by atoms with van der Waals surface area (Å²) < 4.78 is 125. The second-order valence-electron chi connectivity index (χ2n) is 7.51. The van der Waals surface area contributed by atoms with Crippen molar-refractivity contribution in [1.82, 2.24) is 0 Å². The van der Waals surface area contributed by atoms with E-state index in [4.69, 9.17) is 11.6 Å². The van der Waals surface area contributed by atoms with Crippen LogP contribution in [0.4, 0.5) is 39.5 Å². The maximum atomic E-state index is 14.1. The molecule has 0 fully saturated rings. The van der Waals surface area contributed by atoms with E-state index in [1.54, 1.807) is 0 Å². The summed E-state index contributed by atoms with van der Waals surface area (Å²) >= 11 is 5.63. The van der Waals surface area contributed by atoms with Crippen molar-refractivity contribution in [2.75, 3.05) is 7.11 Å². The number of carbonyl (C=O) groups excluding carboxylic acids is 1. The van der Waals surface area contributed by atoms with E-state index in [2.05, 4.69) is 14.7 Å². The van der Waals surface area contributed by atoms with Gasteiger partial charge >= 0.3 is 24.5 Å². The van der Waals surface area contributed by atoms with E-state index >= 15 is 0 Å². The summed E-state index contributed by atoms with van der Waals surface area (Å²) in [6, 6.07) is 4.03. The van der Waals surface area contributed by atoms with E-state index in [-0.39, 0.29) is 11.6 Å². The molecule has 3 rings (SSSR count). The minimum absolute atomic E-state index is 0.216. The Hall–Kier alpha value is -2.96. The lowest BCUT2D eigenvalue weighted by Gasteiger charge is -2.30. The summed E-state index contributed by atoms with van der Waals surface area (Å²) in [6.45, 7) is 0. The Morgan fingerprint density at radius 1 is 1.06 bits per heavy atom. The number of rotatable bonds is 4. The molecule has 0 aromatic heterocycles. The van der Waals surface area contributed by atoms with Crippen molar-refractivity contribution in [3.63, 3.8) is 0 Å². The molecular weight excluding hydrogens is 521 g/mol. The third kappa shape index (κ3) is 5.49. The topological polar surface area (TPSA) is 47.9 Å². The zero-order chi connectivity index (χ0) is 26.4. The quantitative estimate of drug-likeness (QED) is 0.320. The highest BCUT2D eigenvalue weighted by Crippen LogP contribution is 2.50. The van der Waals surface area contributed by atoms with Crippen LogP contribution in [0.1, 0.15) is 39.0 Å². The largest absolute Gasteiger partial charge is 0.465 e. The van der Waals surface area contributed by atoms with Crippen LogP contribution in [-0.2, 0) is 27.8 Å². The molecule has 190 valence electrons. The maximum absolute atomic E-state index is 14.1. The van der Waals surface area contributed by atoms with Crippen LogP contribution in [0, 0.1) is 0 Å². The van der Waals surface area contributed by atoms with E-state index < -0.39 is 75.9 Å². The van der Waals surface area contributed by atoms with Crippen LogP contribution in [-0.4, -0.2) is 31.1 Å². The average molecular weight is 534 g/mol. The Balaban J connectivity index is 2.08. The normalized spacial score (nSPS) is 18.8. The number of oxime groups is 1. The van der Waals surface area contributed by atoms with Crippen LogP contribution in [0.3, 0.4) is 0 Å². The Kier molecular flexibility index (Phi) is 6.79. The van der Waals surface area contributed by atoms with E-state index in [1.165, 1.54) is 0 Å². The Bertz CT molecular complexity index is 1170. The molecule has 0 N–H and O–H groups in total. The van der Waals surface area contributed by atoms with Gasteiger partial charge in [0, 0.05) is 17.0 Å². The molecule has 2 aromatic rings. The molecule has 1 aliphatic heterocycles. The Morgan fingerprint density at radius 3 is 2.26 bits per heavy atom. The lowest BCUT2D eigenvalue weighted by atomic mass is 9.85. The summed E-state index contributed by atoms with van der Waals surface area (Å²) in [5.74, 6) is -1.11. The number of esters is 1. The van der Waals surface area contributed by atoms with Crippen molar-refractivity contribution < 1.29 is 53.9 Å². The maximum Gasteiger partial charge on any atom is 0.435 e. The van der Waals surface area contributed by atoms with Gasteiger partial charge in [0.25, 0.3) is 5.60 Å². The van der Waals surface area contributed by atoms with Crippen LogP contribution in [0.5, 0.6) is 0 Å². The van der Waals surface area contributed by atoms with Gasteiger partial charge in [0.1, 0.15) is 0 Å². The number of hydrogen-bond donors (Lipinski definition) is 0. The van der Waals surface area contributed by atoms with Crippen molar-refractivity contribution in [1.29, 1.82) is 0 Å². The van der Waals surface area contributed by atoms with Crippen molar-refractivity contribution in [2.24, 2.45) is 5.16 Å². The third-order valence-corrected chi connectivity index (χ3v) is 5.33. The predicted molar refractivity (Wildman–Crippen MR) is 104 cm³/mol. The Labute approximate surface area is 196 Å². The Morgan fingerprint density at radius 2 is 1.71 bits per heavy atom. The number of benzene rings is 2. The van der Waals surface area contributed by atoms with E-state index in [0.717, 1.165) is 25.3 Å². The van der Waals surface area contributed by atoms with Crippen LogP contribution in [0.2, 0.25) is 5.02 Å². The first-order valence-electron chi connectivity index (χ1n) is 9.45. The summed E-state index contributed by atoms with van der Waals surface area (Å²) in [5.41, 5.74) is -7.69. The third-order valence-electron chi connectivity index (χ3n) is 5.11. The summed E-state index contributed by atoms with van der Waals surface area (Å²) in [6.07, 6.45) is -17.9. The molecule has 0 spiro atoms. The van der Waals surface area contributed by atoms with Crippen molar-refractivity contribution in [3.8, 4) is 0 Å². The number of alkyl halides is 9. The first-order chi connectivity index (χ1) is 16.0. The molecule has 2 aromatic carbocycles. The predicted octanol–water partition coefficient (Wildman–Crippen LogP) is 6.83. The number of methoxy groups -OCH3 is 1. The van der Waals surface area contributed by atoms with Gasteiger partial charge in [0.2, 0.25) is 0 Å². The second-order valence-corrected chi connectivity index (χ2v) is 7.95. The molecule has 14 heteroatoms. The monoisotopic (exact) mass is 533 g/mol. The molecule has 1 aliphatic rings. The molecular formula is C21H13ClF9NO3. The fraction of sp³-hybridized carbons (Fsp3) is 0.333. The van der Waals surface area contributed by atoms with Gasteiger partial charge in [0.15, 0.2) is 0 Å². The zero-order valence-electron chi connectivity index (χ0n) is 17.3. The van der Waals surface area contributed by atoms with Crippen LogP contribution in [0.25, 0.3) is 0 Å². The number of nitrogens with zero attached hydrogens (tertiary/aromatic N) is 1. The highest BCUT2D eigenvalue weighted by molar-refractivity contribution is 6.30.